The van der Waals surface area contributed by atoms with Crippen LogP contribution in [0.3, 0.4) is 0 Å². The summed E-state index contributed by atoms with van der Waals surface area (Å²) in [5.41, 5.74) is 5.91. The highest BCUT2D eigenvalue weighted by atomic mass is 35.5. The Hall–Kier alpha value is -3.09. The predicted octanol–water partition coefficient (Wildman–Crippen LogP) is 7.23. The number of para-hydroxylation sites is 2. The maximum Gasteiger partial charge on any atom is 0.234 e. The Morgan fingerprint density at radius 2 is 1.60 bits per heavy atom. The van der Waals surface area contributed by atoms with E-state index in [1.54, 1.807) is 0 Å². The molecule has 0 spiro atoms. The number of carbonyl (C=O) groups excluding carboxylic acids is 1. The minimum Gasteiger partial charge on any atom is -0.325 e. The molecule has 7 heteroatoms. The van der Waals surface area contributed by atoms with Gasteiger partial charge in [-0.05, 0) is 48.1 Å². The van der Waals surface area contributed by atoms with Crippen molar-refractivity contribution in [3.05, 3.63) is 88.4 Å². The number of nitrogens with one attached hydrogen (secondary N) is 1. The number of nitrogens with zero attached hydrogens (tertiary/aromatic N) is 3. The lowest BCUT2D eigenvalue weighted by atomic mass is 9.87. The molecule has 4 rings (SSSR count). The zero-order valence-corrected chi connectivity index (χ0v) is 22.2. The van der Waals surface area contributed by atoms with Crippen LogP contribution < -0.4 is 5.32 Å². The molecular weight excluding hydrogens is 476 g/mol. The van der Waals surface area contributed by atoms with E-state index >= 15 is 0 Å². The third-order valence-electron chi connectivity index (χ3n) is 5.81. The van der Waals surface area contributed by atoms with Gasteiger partial charge in [-0.2, -0.15) is 0 Å². The van der Waals surface area contributed by atoms with Gasteiger partial charge in [-0.25, -0.2) is 0 Å². The summed E-state index contributed by atoms with van der Waals surface area (Å²) < 4.78 is 1.92. The number of carbonyl (C=O) groups is 1. The van der Waals surface area contributed by atoms with Crippen LogP contribution in [0.15, 0.2) is 71.9 Å². The third-order valence-corrected chi connectivity index (χ3v) is 7.06. The number of anilines is 1. The molecule has 0 fully saturated rings. The molecule has 0 aliphatic carbocycles. The van der Waals surface area contributed by atoms with E-state index in [-0.39, 0.29) is 17.1 Å². The first-order valence-electron chi connectivity index (χ1n) is 11.5. The molecule has 1 amide bonds. The number of benzene rings is 3. The minimum absolute atomic E-state index is 0.0543. The lowest BCUT2D eigenvalue weighted by molar-refractivity contribution is -0.113. The molecule has 4 aromatic rings. The largest absolute Gasteiger partial charge is 0.325 e. The van der Waals surface area contributed by atoms with Gasteiger partial charge in [0.05, 0.1) is 16.5 Å². The van der Waals surface area contributed by atoms with Crippen LogP contribution in [0.5, 0.6) is 0 Å². The van der Waals surface area contributed by atoms with Crippen molar-refractivity contribution < 1.29 is 4.79 Å². The van der Waals surface area contributed by atoms with E-state index in [0.29, 0.717) is 16.0 Å². The SMILES string of the molecule is Cc1cccc(C)c1NC(=O)CSc1nnc(-c2ccc(C(C)(C)C)cc2)n1-c1ccccc1Cl. The van der Waals surface area contributed by atoms with Crippen LogP contribution in [0.1, 0.15) is 37.5 Å². The molecule has 35 heavy (non-hydrogen) atoms. The number of hydrogen-bond donors (Lipinski definition) is 1. The van der Waals surface area contributed by atoms with Crippen molar-refractivity contribution in [2.24, 2.45) is 0 Å². The molecular formula is C28H29ClN4OS. The smallest absolute Gasteiger partial charge is 0.234 e. The van der Waals surface area contributed by atoms with Gasteiger partial charge >= 0.3 is 0 Å². The average molecular weight is 505 g/mol. The number of amides is 1. The number of aromatic nitrogens is 3. The molecule has 0 unspecified atom stereocenters. The molecule has 0 aliphatic rings. The summed E-state index contributed by atoms with van der Waals surface area (Å²) in [5, 5.41) is 13.1. The maximum absolute atomic E-state index is 12.8. The second-order valence-electron chi connectivity index (χ2n) is 9.52. The Bertz CT molecular complexity index is 1340. The fraction of sp³-hybridized carbons (Fsp3) is 0.250. The molecule has 0 atom stereocenters. The normalized spacial score (nSPS) is 11.5. The van der Waals surface area contributed by atoms with Gasteiger partial charge in [-0.1, -0.05) is 98.7 Å². The van der Waals surface area contributed by atoms with Crippen LogP contribution in [0.25, 0.3) is 17.1 Å². The van der Waals surface area contributed by atoms with Crippen LogP contribution in [0.4, 0.5) is 5.69 Å². The molecule has 1 aromatic heterocycles. The van der Waals surface area contributed by atoms with Crippen molar-refractivity contribution in [3.8, 4) is 17.1 Å². The van der Waals surface area contributed by atoms with Crippen LogP contribution in [-0.4, -0.2) is 26.4 Å². The zero-order chi connectivity index (χ0) is 25.2. The highest BCUT2D eigenvalue weighted by Gasteiger charge is 2.20. The van der Waals surface area contributed by atoms with Gasteiger partial charge in [-0.3, -0.25) is 9.36 Å². The number of halogens is 1. The Labute approximate surface area is 215 Å². The highest BCUT2D eigenvalue weighted by Crippen LogP contribution is 2.33. The first-order valence-corrected chi connectivity index (χ1v) is 12.8. The Kier molecular flexibility index (Phi) is 7.33. The van der Waals surface area contributed by atoms with Crippen LogP contribution in [0.2, 0.25) is 5.02 Å². The second kappa shape index (κ2) is 10.3. The minimum atomic E-state index is -0.0998. The fourth-order valence-corrected chi connectivity index (χ4v) is 4.80. The summed E-state index contributed by atoms with van der Waals surface area (Å²) in [5.74, 6) is 0.771. The monoisotopic (exact) mass is 504 g/mol. The van der Waals surface area contributed by atoms with Gasteiger partial charge in [0.1, 0.15) is 0 Å². The van der Waals surface area contributed by atoms with Crippen LogP contribution >= 0.6 is 23.4 Å². The number of aryl methyl sites for hydroxylation is 2. The van der Waals surface area contributed by atoms with E-state index in [9.17, 15) is 4.79 Å². The Morgan fingerprint density at radius 1 is 0.943 bits per heavy atom. The molecule has 1 heterocycles. The van der Waals surface area contributed by atoms with Gasteiger partial charge in [-0.15, -0.1) is 10.2 Å². The van der Waals surface area contributed by atoms with Crippen molar-refractivity contribution in [2.45, 2.75) is 45.2 Å². The molecule has 0 saturated carbocycles. The van der Waals surface area contributed by atoms with E-state index in [1.807, 2.05) is 60.9 Å². The summed E-state index contributed by atoms with van der Waals surface area (Å²) in [4.78, 5) is 12.8. The molecule has 1 N–H and O–H groups in total. The molecule has 3 aromatic carbocycles. The first kappa shape index (κ1) is 25.0. The van der Waals surface area contributed by atoms with Crippen molar-refractivity contribution >= 4 is 35.0 Å². The van der Waals surface area contributed by atoms with Crippen molar-refractivity contribution in [1.82, 2.24) is 14.8 Å². The van der Waals surface area contributed by atoms with Crippen molar-refractivity contribution in [2.75, 3.05) is 11.1 Å². The topological polar surface area (TPSA) is 59.8 Å². The van der Waals surface area contributed by atoms with Gasteiger partial charge in [0.2, 0.25) is 5.91 Å². The molecule has 0 radical (unpaired) electrons. The third kappa shape index (κ3) is 5.60. The lowest BCUT2D eigenvalue weighted by Gasteiger charge is -2.19. The lowest BCUT2D eigenvalue weighted by Crippen LogP contribution is -2.16. The van der Waals surface area contributed by atoms with Gasteiger partial charge in [0.25, 0.3) is 0 Å². The summed E-state index contributed by atoms with van der Waals surface area (Å²) in [6.45, 7) is 10.5. The molecule has 0 saturated heterocycles. The van der Waals surface area contributed by atoms with E-state index in [0.717, 1.165) is 28.1 Å². The van der Waals surface area contributed by atoms with Gasteiger partial charge < -0.3 is 5.32 Å². The van der Waals surface area contributed by atoms with E-state index in [4.69, 9.17) is 11.6 Å². The van der Waals surface area contributed by atoms with Crippen molar-refractivity contribution in [1.29, 1.82) is 0 Å². The maximum atomic E-state index is 12.8. The fourth-order valence-electron chi connectivity index (χ4n) is 3.84. The number of thioether (sulfide) groups is 1. The zero-order valence-electron chi connectivity index (χ0n) is 20.6. The van der Waals surface area contributed by atoms with E-state index in [2.05, 4.69) is 60.6 Å². The van der Waals surface area contributed by atoms with E-state index < -0.39 is 0 Å². The second-order valence-corrected chi connectivity index (χ2v) is 10.9. The summed E-state index contributed by atoms with van der Waals surface area (Å²) >= 11 is 7.90. The van der Waals surface area contributed by atoms with Crippen LogP contribution in [-0.2, 0) is 10.2 Å². The summed E-state index contributed by atoms with van der Waals surface area (Å²) in [6.07, 6.45) is 0. The quantitative estimate of drug-likeness (QED) is 0.281. The van der Waals surface area contributed by atoms with Gasteiger partial charge in [0, 0.05) is 11.3 Å². The van der Waals surface area contributed by atoms with Crippen molar-refractivity contribution in [3.63, 3.8) is 0 Å². The molecule has 0 bridgehead atoms. The van der Waals surface area contributed by atoms with E-state index in [1.165, 1.54) is 17.3 Å². The predicted molar refractivity (Wildman–Crippen MR) is 146 cm³/mol. The Morgan fingerprint density at radius 3 is 2.23 bits per heavy atom. The number of hydrogen-bond acceptors (Lipinski definition) is 4. The molecule has 0 aliphatic heterocycles. The average Bonchev–Trinajstić information content (AvgIpc) is 3.24. The highest BCUT2D eigenvalue weighted by molar-refractivity contribution is 7.99. The number of rotatable bonds is 6. The molecule has 5 nitrogen and oxygen atoms in total. The standard InChI is InChI=1S/C28H29ClN4OS/c1-18-9-8-10-19(2)25(18)30-24(34)17-35-27-32-31-26(33(27)23-12-7-6-11-22(23)29)20-13-15-21(16-14-20)28(3,4)5/h6-16H,17H2,1-5H3,(H,30,34). The summed E-state index contributed by atoms with van der Waals surface area (Å²) in [7, 11) is 0. The molecule has 180 valence electrons. The summed E-state index contributed by atoms with van der Waals surface area (Å²) in [6, 6.07) is 21.9. The Balaban J connectivity index is 1.65. The van der Waals surface area contributed by atoms with Crippen LogP contribution in [0, 0.1) is 13.8 Å². The first-order chi connectivity index (χ1) is 16.6. The van der Waals surface area contributed by atoms with Gasteiger partial charge in [0.15, 0.2) is 11.0 Å².